The number of benzene rings is 1. The van der Waals surface area contributed by atoms with Crippen molar-refractivity contribution in [3.8, 4) is 0 Å². The summed E-state index contributed by atoms with van der Waals surface area (Å²) in [4.78, 5) is 21.1. The van der Waals surface area contributed by atoms with Gasteiger partial charge in [0.2, 0.25) is 0 Å². The Balaban J connectivity index is 1.72. The third-order valence-electron chi connectivity index (χ3n) is 3.98. The van der Waals surface area contributed by atoms with Gasteiger partial charge in [0.1, 0.15) is 11.6 Å². The number of amides is 1. The lowest BCUT2D eigenvalue weighted by molar-refractivity contribution is 0.0948. The van der Waals surface area contributed by atoms with Crippen molar-refractivity contribution in [2.24, 2.45) is 0 Å². The molecule has 3 rings (SSSR count). The van der Waals surface area contributed by atoms with Gasteiger partial charge in [-0.05, 0) is 18.4 Å². The van der Waals surface area contributed by atoms with Crippen molar-refractivity contribution < 1.29 is 13.9 Å². The fourth-order valence-corrected chi connectivity index (χ4v) is 2.97. The minimum absolute atomic E-state index is 0.0180. The molecule has 0 saturated heterocycles. The molecular weight excluding hydrogens is 383 g/mol. The highest BCUT2D eigenvalue weighted by Gasteiger charge is 2.14. The maximum absolute atomic E-state index is 13.7. The average molecular weight is 404 g/mol. The third-order valence-corrected chi connectivity index (χ3v) is 4.53. The molecule has 2 N–H and O–H groups in total. The zero-order valence-corrected chi connectivity index (χ0v) is 16.4. The Labute approximate surface area is 165 Å². The van der Waals surface area contributed by atoms with E-state index in [9.17, 15) is 9.18 Å². The van der Waals surface area contributed by atoms with Crippen molar-refractivity contribution in [3.05, 3.63) is 41.8 Å². The van der Waals surface area contributed by atoms with E-state index in [1.165, 1.54) is 23.9 Å². The summed E-state index contributed by atoms with van der Waals surface area (Å²) in [5.41, 5.74) is 0.684. The Bertz CT molecular complexity index is 964. The number of fused-ring (bicyclic) bond motifs is 1. The zero-order valence-electron chi connectivity index (χ0n) is 15.6. The first-order valence-electron chi connectivity index (χ1n) is 8.67. The monoisotopic (exact) mass is 404 g/mol. The Morgan fingerprint density at radius 3 is 2.86 bits per heavy atom. The maximum atomic E-state index is 13.7. The number of carbonyl (C=O) groups is 1. The second-order valence-corrected chi connectivity index (χ2v) is 6.59. The van der Waals surface area contributed by atoms with E-state index in [1.54, 1.807) is 30.1 Å². The second-order valence-electron chi connectivity index (χ2n) is 5.82. The molecule has 0 unspecified atom stereocenters. The summed E-state index contributed by atoms with van der Waals surface area (Å²) in [5.74, 6) is -0.322. The molecule has 0 aliphatic heterocycles. The van der Waals surface area contributed by atoms with Crippen molar-refractivity contribution in [3.63, 3.8) is 0 Å². The number of carbonyl (C=O) groups excluding carboxylic acids is 1. The summed E-state index contributed by atoms with van der Waals surface area (Å²) in [7, 11) is 1.64. The molecule has 2 heterocycles. The van der Waals surface area contributed by atoms with Gasteiger partial charge in [-0.2, -0.15) is 5.10 Å². The highest BCUT2D eigenvalue weighted by molar-refractivity contribution is 7.98. The van der Waals surface area contributed by atoms with Crippen LogP contribution in [0.1, 0.15) is 10.4 Å². The van der Waals surface area contributed by atoms with Crippen molar-refractivity contribution in [1.82, 2.24) is 25.1 Å². The van der Waals surface area contributed by atoms with Gasteiger partial charge in [0, 0.05) is 20.2 Å². The van der Waals surface area contributed by atoms with Gasteiger partial charge in [0.15, 0.2) is 10.8 Å². The van der Waals surface area contributed by atoms with Crippen LogP contribution in [0.2, 0.25) is 0 Å². The van der Waals surface area contributed by atoms with Crippen LogP contribution < -0.4 is 10.6 Å². The van der Waals surface area contributed by atoms with Crippen molar-refractivity contribution in [1.29, 1.82) is 0 Å². The summed E-state index contributed by atoms with van der Waals surface area (Å²) >= 11 is 1.43. The van der Waals surface area contributed by atoms with Gasteiger partial charge in [-0.25, -0.2) is 19.0 Å². The predicted octanol–water partition coefficient (Wildman–Crippen LogP) is 2.18. The number of ether oxygens (including phenoxy) is 1. The van der Waals surface area contributed by atoms with E-state index in [1.807, 2.05) is 6.26 Å². The van der Waals surface area contributed by atoms with Crippen LogP contribution in [0, 0.1) is 5.82 Å². The number of thioether (sulfide) groups is 1. The average Bonchev–Trinajstić information content (AvgIpc) is 3.11. The van der Waals surface area contributed by atoms with E-state index in [-0.39, 0.29) is 12.1 Å². The number of nitrogens with one attached hydrogen (secondary N) is 2. The van der Waals surface area contributed by atoms with Gasteiger partial charge in [-0.3, -0.25) is 4.79 Å². The van der Waals surface area contributed by atoms with Crippen LogP contribution in [0.4, 0.5) is 10.2 Å². The number of rotatable bonds is 9. The van der Waals surface area contributed by atoms with Gasteiger partial charge >= 0.3 is 0 Å². The van der Waals surface area contributed by atoms with Gasteiger partial charge in [0.05, 0.1) is 30.3 Å². The van der Waals surface area contributed by atoms with Crippen LogP contribution in [0.15, 0.2) is 35.6 Å². The molecular formula is C18H21FN6O2S. The van der Waals surface area contributed by atoms with Crippen LogP contribution in [-0.2, 0) is 11.3 Å². The molecule has 0 saturated carbocycles. The first-order valence-corrected chi connectivity index (χ1v) is 9.89. The topological polar surface area (TPSA) is 94.0 Å². The summed E-state index contributed by atoms with van der Waals surface area (Å²) in [5, 5.41) is 11.7. The number of methoxy groups -OCH3 is 1. The lowest BCUT2D eigenvalue weighted by Crippen LogP contribution is -2.28. The first-order chi connectivity index (χ1) is 13.6. The summed E-state index contributed by atoms with van der Waals surface area (Å²) in [6.45, 7) is 1.84. The standard InChI is InChI=1S/C18H21FN6O2S/c1-27-10-8-20-15-13-11-22-25(16(13)24-18(23-15)28-2)9-7-21-17(26)12-5-3-4-6-14(12)19/h3-6,11H,7-10H2,1-2H3,(H,21,26)(H,20,23,24). The van der Waals surface area contributed by atoms with Crippen LogP contribution in [0.25, 0.3) is 11.0 Å². The fourth-order valence-electron chi connectivity index (χ4n) is 2.61. The number of hydrogen-bond donors (Lipinski definition) is 2. The molecule has 0 spiro atoms. The fraction of sp³-hybridized carbons (Fsp3) is 0.333. The van der Waals surface area contributed by atoms with Gasteiger partial charge in [-0.1, -0.05) is 23.9 Å². The van der Waals surface area contributed by atoms with E-state index < -0.39 is 11.7 Å². The highest BCUT2D eigenvalue weighted by Crippen LogP contribution is 2.23. The minimum Gasteiger partial charge on any atom is -0.383 e. The van der Waals surface area contributed by atoms with Crippen LogP contribution in [0.5, 0.6) is 0 Å². The Kier molecular flexibility index (Phi) is 6.77. The van der Waals surface area contributed by atoms with Crippen LogP contribution in [-0.4, -0.2) is 58.7 Å². The quantitative estimate of drug-likeness (QED) is 0.321. The minimum atomic E-state index is -0.548. The molecule has 0 aliphatic carbocycles. The molecule has 0 aliphatic rings. The van der Waals surface area contributed by atoms with Gasteiger partial charge in [0.25, 0.3) is 5.91 Å². The number of nitrogens with zero attached hydrogens (tertiary/aromatic N) is 4. The zero-order chi connectivity index (χ0) is 19.9. The molecule has 10 heteroatoms. The van der Waals surface area contributed by atoms with E-state index in [0.29, 0.717) is 36.3 Å². The molecule has 0 radical (unpaired) electrons. The van der Waals surface area contributed by atoms with E-state index in [0.717, 1.165) is 5.39 Å². The molecule has 0 fully saturated rings. The van der Waals surface area contributed by atoms with Gasteiger partial charge in [-0.15, -0.1) is 0 Å². The highest BCUT2D eigenvalue weighted by atomic mass is 32.2. The molecule has 28 heavy (non-hydrogen) atoms. The molecule has 148 valence electrons. The van der Waals surface area contributed by atoms with Gasteiger partial charge < -0.3 is 15.4 Å². The number of hydrogen-bond acceptors (Lipinski definition) is 7. The van der Waals surface area contributed by atoms with Crippen LogP contribution >= 0.6 is 11.8 Å². The van der Waals surface area contributed by atoms with E-state index in [4.69, 9.17) is 4.74 Å². The third kappa shape index (κ3) is 4.57. The molecule has 8 nitrogen and oxygen atoms in total. The van der Waals surface area contributed by atoms with E-state index in [2.05, 4.69) is 25.7 Å². The Morgan fingerprint density at radius 1 is 1.29 bits per heavy atom. The summed E-state index contributed by atoms with van der Waals surface area (Å²) < 4.78 is 20.4. The second kappa shape index (κ2) is 9.47. The maximum Gasteiger partial charge on any atom is 0.254 e. The smallest absolute Gasteiger partial charge is 0.254 e. The molecule has 1 aromatic carbocycles. The van der Waals surface area contributed by atoms with Crippen molar-refractivity contribution >= 4 is 34.5 Å². The Hall–Kier alpha value is -2.72. The molecule has 2 aromatic heterocycles. The summed E-state index contributed by atoms with van der Waals surface area (Å²) in [6.07, 6.45) is 3.59. The predicted molar refractivity (Wildman–Crippen MR) is 106 cm³/mol. The first kappa shape index (κ1) is 20.0. The lowest BCUT2D eigenvalue weighted by Gasteiger charge is -2.09. The van der Waals surface area contributed by atoms with Crippen molar-refractivity contribution in [2.75, 3.05) is 38.4 Å². The molecule has 0 bridgehead atoms. The lowest BCUT2D eigenvalue weighted by atomic mass is 10.2. The normalized spacial score (nSPS) is 11.0. The van der Waals surface area contributed by atoms with Crippen LogP contribution in [0.3, 0.4) is 0 Å². The van der Waals surface area contributed by atoms with E-state index >= 15 is 0 Å². The SMILES string of the molecule is COCCNc1nc(SC)nc2c1cnn2CCNC(=O)c1ccccc1F. The number of anilines is 1. The molecule has 3 aromatic rings. The molecule has 0 atom stereocenters. The summed E-state index contributed by atoms with van der Waals surface area (Å²) in [6, 6.07) is 5.88. The number of aromatic nitrogens is 4. The largest absolute Gasteiger partial charge is 0.383 e. The number of halogens is 1. The van der Waals surface area contributed by atoms with Crippen molar-refractivity contribution in [2.45, 2.75) is 11.7 Å². The Morgan fingerprint density at radius 2 is 2.11 bits per heavy atom. The molecule has 1 amide bonds.